The molecule has 0 N–H and O–H groups in total. The molecular formula is C35H54O3Si. The van der Waals surface area contributed by atoms with Crippen molar-refractivity contribution in [2.45, 2.75) is 141 Å². The topological polar surface area (TPSA) is 35.5 Å². The Hall–Kier alpha value is -1.91. The van der Waals surface area contributed by atoms with Gasteiger partial charge in [-0.05, 0) is 28.3 Å². The van der Waals surface area contributed by atoms with Gasteiger partial charge in [0.1, 0.15) is 6.10 Å². The molecule has 0 aliphatic carbocycles. The van der Waals surface area contributed by atoms with Gasteiger partial charge in [-0.3, -0.25) is 4.79 Å². The summed E-state index contributed by atoms with van der Waals surface area (Å²) in [6, 6.07) is 21.7. The Kier molecular flexibility index (Phi) is 13.3. The van der Waals surface area contributed by atoms with Gasteiger partial charge < -0.3 is 9.16 Å². The highest BCUT2D eigenvalue weighted by Crippen LogP contribution is 2.39. The molecule has 2 atom stereocenters. The van der Waals surface area contributed by atoms with E-state index in [4.69, 9.17) is 9.16 Å². The summed E-state index contributed by atoms with van der Waals surface area (Å²) >= 11 is 0. The SMILES string of the molecule is CCCCCCCCCCCCCC[C@@H](O[Si](c1ccccc1)(c1ccccc1)C(C)(C)C)[C@H]1CCC(=O)O1. The normalized spacial score (nSPS) is 16.8. The smallest absolute Gasteiger partial charge is 0.306 e. The molecule has 0 saturated carbocycles. The second-order valence-electron chi connectivity index (χ2n) is 12.6. The Balaban J connectivity index is 1.66. The molecule has 39 heavy (non-hydrogen) atoms. The zero-order chi connectivity index (χ0) is 28.0. The van der Waals surface area contributed by atoms with Crippen LogP contribution in [0.25, 0.3) is 0 Å². The van der Waals surface area contributed by atoms with Gasteiger partial charge in [0.25, 0.3) is 8.32 Å². The summed E-state index contributed by atoms with van der Waals surface area (Å²) in [7, 11) is -2.70. The van der Waals surface area contributed by atoms with E-state index in [2.05, 4.69) is 88.4 Å². The van der Waals surface area contributed by atoms with Gasteiger partial charge >= 0.3 is 5.97 Å². The van der Waals surface area contributed by atoms with Gasteiger partial charge in [-0.2, -0.15) is 0 Å². The van der Waals surface area contributed by atoms with Crippen molar-refractivity contribution in [3.8, 4) is 0 Å². The Labute approximate surface area is 240 Å². The minimum atomic E-state index is -2.70. The number of benzene rings is 2. The van der Waals surface area contributed by atoms with Gasteiger partial charge in [0.2, 0.25) is 0 Å². The Morgan fingerprint density at radius 3 is 1.64 bits per heavy atom. The van der Waals surface area contributed by atoms with Gasteiger partial charge in [-0.15, -0.1) is 0 Å². The number of carbonyl (C=O) groups is 1. The first kappa shape index (κ1) is 31.6. The summed E-state index contributed by atoms with van der Waals surface area (Å²) in [4.78, 5) is 12.2. The number of cyclic esters (lactones) is 1. The number of esters is 1. The molecule has 1 fully saturated rings. The first-order valence-corrected chi connectivity index (χ1v) is 17.8. The number of hydrogen-bond donors (Lipinski definition) is 0. The molecular weight excluding hydrogens is 496 g/mol. The quantitative estimate of drug-likeness (QED) is 0.106. The van der Waals surface area contributed by atoms with Crippen LogP contribution in [-0.4, -0.2) is 26.5 Å². The maximum atomic E-state index is 12.2. The predicted molar refractivity (Wildman–Crippen MR) is 167 cm³/mol. The maximum Gasteiger partial charge on any atom is 0.306 e. The summed E-state index contributed by atoms with van der Waals surface area (Å²) in [5.41, 5.74) is 0. The highest BCUT2D eigenvalue weighted by Gasteiger charge is 2.52. The zero-order valence-corrected chi connectivity index (χ0v) is 26.3. The number of hydrogen-bond acceptors (Lipinski definition) is 3. The Morgan fingerprint density at radius 1 is 0.769 bits per heavy atom. The molecule has 2 aromatic carbocycles. The fraction of sp³-hybridized carbons (Fsp3) is 0.629. The summed E-state index contributed by atoms with van der Waals surface area (Å²) in [5.74, 6) is -0.0780. The Morgan fingerprint density at radius 2 is 1.23 bits per heavy atom. The lowest BCUT2D eigenvalue weighted by atomic mass is 10.0. The third-order valence-electron chi connectivity index (χ3n) is 8.42. The van der Waals surface area contributed by atoms with E-state index in [0.717, 1.165) is 19.3 Å². The van der Waals surface area contributed by atoms with Crippen LogP contribution >= 0.6 is 0 Å². The van der Waals surface area contributed by atoms with Crippen LogP contribution in [0, 0.1) is 0 Å². The third kappa shape index (κ3) is 9.32. The molecule has 1 heterocycles. The fourth-order valence-corrected chi connectivity index (χ4v) is 11.0. The monoisotopic (exact) mass is 550 g/mol. The summed E-state index contributed by atoms with van der Waals surface area (Å²) in [5, 5.41) is 2.48. The minimum Gasteiger partial charge on any atom is -0.460 e. The maximum absolute atomic E-state index is 12.2. The molecule has 0 bridgehead atoms. The summed E-state index contributed by atoms with van der Waals surface area (Å²) in [6.07, 6.45) is 18.0. The highest BCUT2D eigenvalue weighted by atomic mass is 28.4. The van der Waals surface area contributed by atoms with Crippen LogP contribution in [-0.2, 0) is 14.0 Å². The van der Waals surface area contributed by atoms with Crippen molar-refractivity contribution in [3.05, 3.63) is 60.7 Å². The van der Waals surface area contributed by atoms with Crippen molar-refractivity contribution in [2.75, 3.05) is 0 Å². The molecule has 1 saturated heterocycles. The Bertz CT molecular complexity index is 898. The second kappa shape index (κ2) is 16.4. The van der Waals surface area contributed by atoms with Gasteiger partial charge in [0.05, 0.1) is 6.10 Å². The van der Waals surface area contributed by atoms with E-state index in [-0.39, 0.29) is 23.2 Å². The van der Waals surface area contributed by atoms with Crippen molar-refractivity contribution < 1.29 is 14.0 Å². The molecule has 3 nitrogen and oxygen atoms in total. The van der Waals surface area contributed by atoms with Crippen LogP contribution in [0.3, 0.4) is 0 Å². The second-order valence-corrected chi connectivity index (χ2v) is 16.8. The molecule has 0 radical (unpaired) electrons. The van der Waals surface area contributed by atoms with E-state index in [1.807, 2.05) is 0 Å². The first-order chi connectivity index (χ1) is 18.9. The van der Waals surface area contributed by atoms with E-state index < -0.39 is 8.32 Å². The molecule has 4 heteroatoms. The van der Waals surface area contributed by atoms with E-state index in [9.17, 15) is 4.79 Å². The molecule has 0 spiro atoms. The van der Waals surface area contributed by atoms with E-state index in [0.29, 0.717) is 6.42 Å². The third-order valence-corrected chi connectivity index (χ3v) is 13.5. The average molecular weight is 551 g/mol. The molecule has 2 aromatic rings. The van der Waals surface area contributed by atoms with E-state index >= 15 is 0 Å². The molecule has 1 aliphatic rings. The van der Waals surface area contributed by atoms with Crippen molar-refractivity contribution in [1.29, 1.82) is 0 Å². The number of unbranched alkanes of at least 4 members (excludes halogenated alkanes) is 11. The molecule has 0 unspecified atom stereocenters. The van der Waals surface area contributed by atoms with Crippen molar-refractivity contribution in [1.82, 2.24) is 0 Å². The number of ether oxygens (including phenoxy) is 1. The largest absolute Gasteiger partial charge is 0.460 e. The van der Waals surface area contributed by atoms with Crippen molar-refractivity contribution >= 4 is 24.7 Å². The fourth-order valence-electron chi connectivity index (χ4n) is 6.23. The van der Waals surface area contributed by atoms with Crippen LogP contribution in [0.1, 0.15) is 124 Å². The number of carbonyl (C=O) groups excluding carboxylic acids is 1. The zero-order valence-electron chi connectivity index (χ0n) is 25.3. The summed E-state index contributed by atoms with van der Waals surface area (Å²) in [6.45, 7) is 9.24. The van der Waals surface area contributed by atoms with Crippen LogP contribution in [0.5, 0.6) is 0 Å². The van der Waals surface area contributed by atoms with Gasteiger partial charge in [0, 0.05) is 6.42 Å². The van der Waals surface area contributed by atoms with E-state index in [1.54, 1.807) is 0 Å². The lowest BCUT2D eigenvalue weighted by Gasteiger charge is -2.46. The molecule has 0 aromatic heterocycles. The molecule has 1 aliphatic heterocycles. The van der Waals surface area contributed by atoms with E-state index in [1.165, 1.54) is 81.0 Å². The molecule has 3 rings (SSSR count). The van der Waals surface area contributed by atoms with Crippen LogP contribution in [0.2, 0.25) is 5.04 Å². The minimum absolute atomic E-state index is 0.0779. The van der Waals surface area contributed by atoms with Crippen LogP contribution < -0.4 is 10.4 Å². The lowest BCUT2D eigenvalue weighted by Crippen LogP contribution is -2.68. The highest BCUT2D eigenvalue weighted by molar-refractivity contribution is 6.99. The van der Waals surface area contributed by atoms with Gasteiger partial charge in [-0.25, -0.2) is 0 Å². The molecule has 0 amide bonds. The summed E-state index contributed by atoms with van der Waals surface area (Å²) < 4.78 is 13.3. The standard InChI is InChI=1S/C35H54O3Si/c1-5-6-7-8-9-10-11-12-13-14-15-22-27-33(32-28-29-34(36)37-32)38-39(35(2,3)4,30-23-18-16-19-24-30)31-25-20-17-21-26-31/h16-21,23-26,32-33H,5-15,22,27-29H2,1-4H3/t32-,33-/m1/s1. The van der Waals surface area contributed by atoms with Crippen LogP contribution in [0.15, 0.2) is 60.7 Å². The first-order valence-electron chi connectivity index (χ1n) is 15.9. The average Bonchev–Trinajstić information content (AvgIpc) is 3.37. The lowest BCUT2D eigenvalue weighted by molar-refractivity contribution is -0.145. The van der Waals surface area contributed by atoms with Crippen molar-refractivity contribution in [3.63, 3.8) is 0 Å². The van der Waals surface area contributed by atoms with Crippen LogP contribution in [0.4, 0.5) is 0 Å². The number of rotatable bonds is 18. The molecule has 216 valence electrons. The van der Waals surface area contributed by atoms with Crippen molar-refractivity contribution in [2.24, 2.45) is 0 Å². The van der Waals surface area contributed by atoms with Gasteiger partial charge in [0.15, 0.2) is 0 Å². The van der Waals surface area contributed by atoms with Gasteiger partial charge in [-0.1, -0.05) is 165 Å². The predicted octanol–water partition coefficient (Wildman–Crippen LogP) is 8.73.